The predicted octanol–water partition coefficient (Wildman–Crippen LogP) is 2.05. The molecular formula is C22H29N3O3S. The van der Waals surface area contributed by atoms with Crippen LogP contribution in [0.25, 0.3) is 0 Å². The summed E-state index contributed by atoms with van der Waals surface area (Å²) in [6.45, 7) is 6.25. The zero-order valence-electron chi connectivity index (χ0n) is 17.0. The van der Waals surface area contributed by atoms with Crippen LogP contribution in [-0.2, 0) is 21.2 Å². The number of hydrogen-bond donors (Lipinski definition) is 1. The van der Waals surface area contributed by atoms with Crippen molar-refractivity contribution in [3.05, 3.63) is 65.7 Å². The van der Waals surface area contributed by atoms with Crippen molar-refractivity contribution >= 4 is 15.9 Å². The van der Waals surface area contributed by atoms with Gasteiger partial charge in [0.2, 0.25) is 15.9 Å². The third kappa shape index (κ3) is 5.44. The molecule has 1 saturated heterocycles. The molecule has 29 heavy (non-hydrogen) atoms. The van der Waals surface area contributed by atoms with E-state index in [-0.39, 0.29) is 11.9 Å². The van der Waals surface area contributed by atoms with Crippen LogP contribution in [0.4, 0.5) is 0 Å². The largest absolute Gasteiger partial charge is 0.354 e. The normalized spacial score (nSPS) is 17.0. The summed E-state index contributed by atoms with van der Waals surface area (Å²) in [5.41, 5.74) is 2.22. The number of hydrogen-bond acceptors (Lipinski definition) is 4. The Hall–Kier alpha value is -2.22. The van der Waals surface area contributed by atoms with Gasteiger partial charge in [0.1, 0.15) is 0 Å². The van der Waals surface area contributed by atoms with E-state index in [0.29, 0.717) is 37.6 Å². The molecule has 0 aliphatic carbocycles. The Morgan fingerprint density at radius 1 is 1.00 bits per heavy atom. The van der Waals surface area contributed by atoms with E-state index in [2.05, 4.69) is 5.32 Å². The van der Waals surface area contributed by atoms with Crippen LogP contribution in [0, 0.1) is 6.92 Å². The number of aryl methyl sites for hydroxylation is 1. The monoisotopic (exact) mass is 415 g/mol. The number of rotatable bonds is 7. The van der Waals surface area contributed by atoms with Crippen LogP contribution in [0.3, 0.4) is 0 Å². The van der Waals surface area contributed by atoms with Gasteiger partial charge in [-0.1, -0.05) is 48.0 Å². The van der Waals surface area contributed by atoms with Crippen molar-refractivity contribution in [1.29, 1.82) is 0 Å². The van der Waals surface area contributed by atoms with Crippen LogP contribution in [-0.4, -0.2) is 62.3 Å². The number of benzene rings is 2. The van der Waals surface area contributed by atoms with E-state index in [1.807, 2.05) is 61.2 Å². The van der Waals surface area contributed by atoms with Crippen LogP contribution in [0.15, 0.2) is 59.5 Å². The molecule has 6 nitrogen and oxygen atoms in total. The quantitative estimate of drug-likeness (QED) is 0.751. The summed E-state index contributed by atoms with van der Waals surface area (Å²) >= 11 is 0. The second-order valence-corrected chi connectivity index (χ2v) is 9.39. The maximum absolute atomic E-state index is 12.8. The Labute approximate surface area is 173 Å². The number of nitrogens with one attached hydrogen (secondary N) is 1. The van der Waals surface area contributed by atoms with Gasteiger partial charge in [0, 0.05) is 32.7 Å². The summed E-state index contributed by atoms with van der Waals surface area (Å²) in [5.74, 6) is -0.0178. The first-order chi connectivity index (χ1) is 13.9. The van der Waals surface area contributed by atoms with Crippen molar-refractivity contribution in [1.82, 2.24) is 14.5 Å². The first-order valence-electron chi connectivity index (χ1n) is 10.0. The molecule has 1 atom stereocenters. The topological polar surface area (TPSA) is 69.7 Å². The number of carbonyl (C=O) groups excluding carboxylic acids is 1. The first-order valence-corrected chi connectivity index (χ1v) is 11.4. The molecule has 0 aromatic heterocycles. The summed E-state index contributed by atoms with van der Waals surface area (Å²) in [6, 6.07) is 16.7. The summed E-state index contributed by atoms with van der Waals surface area (Å²) in [6.07, 6.45) is 0.794. The van der Waals surface area contributed by atoms with Crippen molar-refractivity contribution in [2.45, 2.75) is 31.2 Å². The summed E-state index contributed by atoms with van der Waals surface area (Å²) in [7, 11) is -3.49. The lowest BCUT2D eigenvalue weighted by Gasteiger charge is -2.36. The molecule has 3 rings (SSSR count). The third-order valence-corrected chi connectivity index (χ3v) is 7.33. The number of sulfonamides is 1. The lowest BCUT2D eigenvalue weighted by atomic mass is 10.1. The number of amides is 1. The van der Waals surface area contributed by atoms with E-state index in [4.69, 9.17) is 0 Å². The fourth-order valence-electron chi connectivity index (χ4n) is 3.48. The molecule has 1 fully saturated rings. The highest BCUT2D eigenvalue weighted by atomic mass is 32.2. The SMILES string of the molecule is Cc1ccc(S(=O)(=O)N2CCN([C@@H](C)C(=O)NCCc3ccccc3)CC2)cc1. The van der Waals surface area contributed by atoms with E-state index in [0.717, 1.165) is 12.0 Å². The Balaban J connectivity index is 1.49. The molecule has 1 aliphatic rings. The molecule has 7 heteroatoms. The highest BCUT2D eigenvalue weighted by Gasteiger charge is 2.31. The fraction of sp³-hybridized carbons (Fsp3) is 0.409. The lowest BCUT2D eigenvalue weighted by Crippen LogP contribution is -2.55. The van der Waals surface area contributed by atoms with Crippen LogP contribution < -0.4 is 5.32 Å². The van der Waals surface area contributed by atoms with Crippen molar-refractivity contribution in [2.75, 3.05) is 32.7 Å². The average Bonchev–Trinajstić information content (AvgIpc) is 2.74. The molecule has 0 saturated carbocycles. The maximum Gasteiger partial charge on any atom is 0.243 e. The summed E-state index contributed by atoms with van der Waals surface area (Å²) in [4.78, 5) is 14.8. The smallest absolute Gasteiger partial charge is 0.243 e. The maximum atomic E-state index is 12.8. The number of carbonyl (C=O) groups is 1. The zero-order valence-corrected chi connectivity index (χ0v) is 17.9. The molecule has 2 aromatic carbocycles. The molecule has 0 unspecified atom stereocenters. The van der Waals surface area contributed by atoms with Crippen LogP contribution >= 0.6 is 0 Å². The van der Waals surface area contributed by atoms with E-state index < -0.39 is 10.0 Å². The van der Waals surface area contributed by atoms with E-state index in [9.17, 15) is 13.2 Å². The third-order valence-electron chi connectivity index (χ3n) is 5.41. The van der Waals surface area contributed by atoms with Gasteiger partial charge in [-0.15, -0.1) is 0 Å². The van der Waals surface area contributed by atoms with Gasteiger partial charge in [0.25, 0.3) is 0 Å². The lowest BCUT2D eigenvalue weighted by molar-refractivity contribution is -0.126. The summed E-state index contributed by atoms with van der Waals surface area (Å²) < 4.78 is 27.1. The molecule has 1 heterocycles. The highest BCUT2D eigenvalue weighted by molar-refractivity contribution is 7.89. The highest BCUT2D eigenvalue weighted by Crippen LogP contribution is 2.19. The first kappa shape index (κ1) is 21.5. The Morgan fingerprint density at radius 3 is 2.24 bits per heavy atom. The minimum atomic E-state index is -3.49. The van der Waals surface area contributed by atoms with Gasteiger partial charge in [0.15, 0.2) is 0 Å². The van der Waals surface area contributed by atoms with E-state index in [1.54, 1.807) is 12.1 Å². The van der Waals surface area contributed by atoms with Crippen LogP contribution in [0.5, 0.6) is 0 Å². The van der Waals surface area contributed by atoms with Crippen molar-refractivity contribution in [2.24, 2.45) is 0 Å². The zero-order chi connectivity index (χ0) is 20.9. The number of nitrogens with zero attached hydrogens (tertiary/aromatic N) is 2. The van der Waals surface area contributed by atoms with Gasteiger partial charge in [-0.2, -0.15) is 4.31 Å². The molecule has 0 spiro atoms. The van der Waals surface area contributed by atoms with Gasteiger partial charge in [-0.3, -0.25) is 9.69 Å². The van der Waals surface area contributed by atoms with Crippen LogP contribution in [0.1, 0.15) is 18.1 Å². The molecule has 1 amide bonds. The Kier molecular flexibility index (Phi) is 7.05. The van der Waals surface area contributed by atoms with Crippen molar-refractivity contribution < 1.29 is 13.2 Å². The molecule has 0 bridgehead atoms. The Morgan fingerprint density at radius 2 is 1.62 bits per heavy atom. The molecule has 156 valence electrons. The van der Waals surface area contributed by atoms with Crippen molar-refractivity contribution in [3.8, 4) is 0 Å². The van der Waals surface area contributed by atoms with Crippen molar-refractivity contribution in [3.63, 3.8) is 0 Å². The fourth-order valence-corrected chi connectivity index (χ4v) is 4.90. The molecular weight excluding hydrogens is 386 g/mol. The summed E-state index contributed by atoms with van der Waals surface area (Å²) in [5, 5.41) is 2.99. The van der Waals surface area contributed by atoms with Gasteiger partial charge < -0.3 is 5.32 Å². The van der Waals surface area contributed by atoms with Gasteiger partial charge >= 0.3 is 0 Å². The van der Waals surface area contributed by atoms with Gasteiger partial charge in [0.05, 0.1) is 10.9 Å². The predicted molar refractivity (Wildman–Crippen MR) is 114 cm³/mol. The van der Waals surface area contributed by atoms with Gasteiger partial charge in [-0.05, 0) is 38.0 Å². The molecule has 0 radical (unpaired) electrons. The molecule has 1 N–H and O–H groups in total. The molecule has 2 aromatic rings. The molecule has 1 aliphatic heterocycles. The average molecular weight is 416 g/mol. The number of piperazine rings is 1. The second-order valence-electron chi connectivity index (χ2n) is 7.46. The minimum absolute atomic E-state index is 0.0178. The minimum Gasteiger partial charge on any atom is -0.354 e. The Bertz CT molecular complexity index is 906. The van der Waals surface area contributed by atoms with E-state index >= 15 is 0 Å². The van der Waals surface area contributed by atoms with E-state index in [1.165, 1.54) is 9.87 Å². The second kappa shape index (κ2) is 9.52. The standard InChI is InChI=1S/C22H29N3O3S/c1-18-8-10-21(11-9-18)29(27,28)25-16-14-24(15-17-25)19(2)22(26)23-13-12-20-6-4-3-5-7-20/h3-11,19H,12-17H2,1-2H3,(H,23,26)/t19-/m0/s1. The van der Waals surface area contributed by atoms with Crippen LogP contribution in [0.2, 0.25) is 0 Å². The van der Waals surface area contributed by atoms with Gasteiger partial charge in [-0.25, -0.2) is 8.42 Å².